The molecule has 1 atom stereocenters. The number of hydrogen-bond acceptors (Lipinski definition) is 4. The standard InChI is InChI=1S/C21H25N3O2S/c1-15-6-8-18(13-16(15)2)24-11-10-22-21(24)27-14-20(25)23-17(3)7-9-19-5-4-12-26-19/h4-6,8,10-13,17H,7,9,14H2,1-3H3,(H,23,25). The molecule has 1 N–H and O–H groups in total. The van der Waals surface area contributed by atoms with Crippen molar-refractivity contribution in [2.75, 3.05) is 5.75 Å². The molecule has 1 unspecified atom stereocenters. The molecule has 27 heavy (non-hydrogen) atoms. The van der Waals surface area contributed by atoms with Crippen LogP contribution in [-0.4, -0.2) is 27.3 Å². The Balaban J connectivity index is 1.52. The van der Waals surface area contributed by atoms with E-state index in [1.807, 2.05) is 29.8 Å². The summed E-state index contributed by atoms with van der Waals surface area (Å²) >= 11 is 1.45. The Labute approximate surface area is 164 Å². The average Bonchev–Trinajstić information content (AvgIpc) is 3.32. The fourth-order valence-electron chi connectivity index (χ4n) is 2.80. The number of thioether (sulfide) groups is 1. The van der Waals surface area contributed by atoms with Crippen molar-refractivity contribution >= 4 is 17.7 Å². The number of furan rings is 1. The van der Waals surface area contributed by atoms with Crippen LogP contribution in [0.2, 0.25) is 0 Å². The fraction of sp³-hybridized carbons (Fsp3) is 0.333. The summed E-state index contributed by atoms with van der Waals surface area (Å²) < 4.78 is 7.35. The molecule has 0 aliphatic heterocycles. The molecule has 1 amide bonds. The highest BCUT2D eigenvalue weighted by Gasteiger charge is 2.12. The van der Waals surface area contributed by atoms with Crippen LogP contribution in [-0.2, 0) is 11.2 Å². The first-order chi connectivity index (χ1) is 13.0. The topological polar surface area (TPSA) is 60.1 Å². The van der Waals surface area contributed by atoms with E-state index in [9.17, 15) is 4.79 Å². The van der Waals surface area contributed by atoms with Crippen LogP contribution >= 0.6 is 11.8 Å². The van der Waals surface area contributed by atoms with E-state index < -0.39 is 0 Å². The van der Waals surface area contributed by atoms with E-state index in [-0.39, 0.29) is 11.9 Å². The number of nitrogens with zero attached hydrogens (tertiary/aromatic N) is 2. The summed E-state index contributed by atoms with van der Waals surface area (Å²) in [5, 5.41) is 3.86. The van der Waals surface area contributed by atoms with Gasteiger partial charge >= 0.3 is 0 Å². The van der Waals surface area contributed by atoms with Gasteiger partial charge in [0.1, 0.15) is 5.76 Å². The Hall–Kier alpha value is -2.47. The molecule has 0 bridgehead atoms. The molecule has 6 heteroatoms. The molecular weight excluding hydrogens is 358 g/mol. The number of amides is 1. The van der Waals surface area contributed by atoms with E-state index in [0.717, 1.165) is 29.4 Å². The normalized spacial score (nSPS) is 12.1. The maximum absolute atomic E-state index is 12.3. The van der Waals surface area contributed by atoms with Gasteiger partial charge in [-0.15, -0.1) is 0 Å². The summed E-state index contributed by atoms with van der Waals surface area (Å²) in [5.41, 5.74) is 3.56. The lowest BCUT2D eigenvalue weighted by atomic mass is 10.1. The number of carbonyl (C=O) groups is 1. The van der Waals surface area contributed by atoms with Gasteiger partial charge in [-0.05, 0) is 62.6 Å². The second kappa shape index (κ2) is 8.95. The number of hydrogen-bond donors (Lipinski definition) is 1. The van der Waals surface area contributed by atoms with E-state index >= 15 is 0 Å². The molecular formula is C21H25N3O2S. The predicted octanol–water partition coefficient (Wildman–Crippen LogP) is 4.31. The van der Waals surface area contributed by atoms with Gasteiger partial charge in [-0.3, -0.25) is 9.36 Å². The van der Waals surface area contributed by atoms with Crippen molar-refractivity contribution in [1.29, 1.82) is 0 Å². The maximum atomic E-state index is 12.3. The Morgan fingerprint density at radius 1 is 1.30 bits per heavy atom. The van der Waals surface area contributed by atoms with E-state index in [1.54, 1.807) is 12.5 Å². The third-order valence-electron chi connectivity index (χ3n) is 4.52. The molecule has 0 aliphatic rings. The zero-order valence-electron chi connectivity index (χ0n) is 15.9. The summed E-state index contributed by atoms with van der Waals surface area (Å²) in [4.78, 5) is 16.7. The van der Waals surface area contributed by atoms with Gasteiger partial charge in [0.2, 0.25) is 5.91 Å². The highest BCUT2D eigenvalue weighted by atomic mass is 32.2. The molecule has 3 aromatic rings. The SMILES string of the molecule is Cc1ccc(-n2ccnc2SCC(=O)NC(C)CCc2ccco2)cc1C. The lowest BCUT2D eigenvalue weighted by Gasteiger charge is -2.13. The van der Waals surface area contributed by atoms with Crippen LogP contribution < -0.4 is 5.32 Å². The second-order valence-corrected chi connectivity index (χ2v) is 7.67. The van der Waals surface area contributed by atoms with Gasteiger partial charge in [-0.2, -0.15) is 0 Å². The van der Waals surface area contributed by atoms with Crippen molar-refractivity contribution < 1.29 is 9.21 Å². The van der Waals surface area contributed by atoms with Crippen LogP contribution in [0, 0.1) is 13.8 Å². The molecule has 0 saturated heterocycles. The summed E-state index contributed by atoms with van der Waals surface area (Å²) in [6, 6.07) is 10.3. The zero-order valence-corrected chi connectivity index (χ0v) is 16.8. The van der Waals surface area contributed by atoms with Crippen molar-refractivity contribution in [3.63, 3.8) is 0 Å². The maximum Gasteiger partial charge on any atom is 0.230 e. The second-order valence-electron chi connectivity index (χ2n) is 6.72. The molecule has 2 aromatic heterocycles. The molecule has 0 spiro atoms. The lowest BCUT2D eigenvalue weighted by Crippen LogP contribution is -2.34. The van der Waals surface area contributed by atoms with Gasteiger partial charge in [0, 0.05) is 30.5 Å². The number of benzene rings is 1. The summed E-state index contributed by atoms with van der Waals surface area (Å²) in [7, 11) is 0. The summed E-state index contributed by atoms with van der Waals surface area (Å²) in [6.07, 6.45) is 7.03. The number of aryl methyl sites for hydroxylation is 3. The molecule has 3 rings (SSSR count). The molecule has 142 valence electrons. The van der Waals surface area contributed by atoms with E-state index in [0.29, 0.717) is 5.75 Å². The number of rotatable bonds is 8. The Morgan fingerprint density at radius 3 is 2.89 bits per heavy atom. The zero-order chi connectivity index (χ0) is 19.2. The highest BCUT2D eigenvalue weighted by Crippen LogP contribution is 2.22. The molecule has 0 aliphatic carbocycles. The first-order valence-electron chi connectivity index (χ1n) is 9.08. The molecule has 0 fully saturated rings. The van der Waals surface area contributed by atoms with Crippen molar-refractivity contribution in [3.05, 3.63) is 65.9 Å². The number of nitrogens with one attached hydrogen (secondary N) is 1. The highest BCUT2D eigenvalue weighted by molar-refractivity contribution is 7.99. The van der Waals surface area contributed by atoms with Crippen LogP contribution in [0.5, 0.6) is 0 Å². The third kappa shape index (κ3) is 5.26. The molecule has 2 heterocycles. The Morgan fingerprint density at radius 2 is 2.15 bits per heavy atom. The van der Waals surface area contributed by atoms with Gasteiger partial charge in [0.15, 0.2) is 5.16 Å². The molecule has 1 aromatic carbocycles. The third-order valence-corrected chi connectivity index (χ3v) is 5.49. The number of imidazole rings is 1. The van der Waals surface area contributed by atoms with Crippen molar-refractivity contribution in [3.8, 4) is 5.69 Å². The van der Waals surface area contributed by atoms with E-state index in [1.165, 1.54) is 22.9 Å². The van der Waals surface area contributed by atoms with Crippen molar-refractivity contribution in [2.24, 2.45) is 0 Å². The predicted molar refractivity (Wildman–Crippen MR) is 108 cm³/mol. The van der Waals surface area contributed by atoms with Gasteiger partial charge in [0.05, 0.1) is 12.0 Å². The molecule has 0 radical (unpaired) electrons. The van der Waals surface area contributed by atoms with Gasteiger partial charge in [0.25, 0.3) is 0 Å². The van der Waals surface area contributed by atoms with Crippen LogP contribution in [0.15, 0.2) is 58.6 Å². The average molecular weight is 384 g/mol. The number of aromatic nitrogens is 2. The van der Waals surface area contributed by atoms with E-state index in [2.05, 4.69) is 42.3 Å². The van der Waals surface area contributed by atoms with Crippen molar-refractivity contribution in [2.45, 2.75) is 44.8 Å². The minimum Gasteiger partial charge on any atom is -0.469 e. The van der Waals surface area contributed by atoms with Gasteiger partial charge in [-0.25, -0.2) is 4.98 Å². The largest absolute Gasteiger partial charge is 0.469 e. The van der Waals surface area contributed by atoms with Gasteiger partial charge in [-0.1, -0.05) is 17.8 Å². The minimum absolute atomic E-state index is 0.0154. The van der Waals surface area contributed by atoms with Crippen LogP contribution in [0.25, 0.3) is 5.69 Å². The Kier molecular flexibility index (Phi) is 6.40. The van der Waals surface area contributed by atoms with Crippen LogP contribution in [0.1, 0.15) is 30.2 Å². The van der Waals surface area contributed by atoms with Crippen LogP contribution in [0.3, 0.4) is 0 Å². The Bertz CT molecular complexity index is 887. The van der Waals surface area contributed by atoms with Gasteiger partial charge < -0.3 is 9.73 Å². The van der Waals surface area contributed by atoms with E-state index in [4.69, 9.17) is 4.42 Å². The van der Waals surface area contributed by atoms with Crippen LogP contribution in [0.4, 0.5) is 0 Å². The lowest BCUT2D eigenvalue weighted by molar-refractivity contribution is -0.119. The summed E-state index contributed by atoms with van der Waals surface area (Å²) in [6.45, 7) is 6.21. The molecule has 0 saturated carbocycles. The fourth-order valence-corrected chi connectivity index (χ4v) is 3.59. The molecule has 5 nitrogen and oxygen atoms in total. The monoisotopic (exact) mass is 383 g/mol. The summed E-state index contributed by atoms with van der Waals surface area (Å²) in [5.74, 6) is 1.30. The first-order valence-corrected chi connectivity index (χ1v) is 10.1. The quantitative estimate of drug-likeness (QED) is 0.589. The first kappa shape index (κ1) is 19.3. The van der Waals surface area contributed by atoms with Crippen molar-refractivity contribution in [1.82, 2.24) is 14.9 Å². The number of carbonyl (C=O) groups excluding carboxylic acids is 1. The minimum atomic E-state index is 0.0154. The smallest absolute Gasteiger partial charge is 0.230 e.